The summed E-state index contributed by atoms with van der Waals surface area (Å²) in [6.07, 6.45) is 3.78. The van der Waals surface area contributed by atoms with Crippen LogP contribution in [-0.4, -0.2) is 26.4 Å². The van der Waals surface area contributed by atoms with E-state index in [0.29, 0.717) is 11.6 Å². The van der Waals surface area contributed by atoms with Crippen molar-refractivity contribution in [1.82, 2.24) is 0 Å². The monoisotopic (exact) mass is 285 g/mol. The molecule has 19 heavy (non-hydrogen) atoms. The molecule has 3 nitrogen and oxygen atoms in total. The third-order valence-electron chi connectivity index (χ3n) is 3.02. The Morgan fingerprint density at radius 3 is 2.63 bits per heavy atom. The lowest BCUT2D eigenvalue weighted by Crippen LogP contribution is -2.21. The van der Waals surface area contributed by atoms with Gasteiger partial charge in [-0.2, -0.15) is 0 Å². The number of methoxy groups -OCH3 is 1. The zero-order valence-electron chi connectivity index (χ0n) is 11.8. The smallest absolute Gasteiger partial charge is 0.137 e. The molecule has 0 bridgehead atoms. The number of ether oxygens (including phenoxy) is 2. The third kappa shape index (κ3) is 6.28. The number of hydrogen-bond acceptors (Lipinski definition) is 3. The van der Waals surface area contributed by atoms with E-state index < -0.39 is 0 Å². The quantitative estimate of drug-likeness (QED) is 0.707. The Morgan fingerprint density at radius 1 is 1.26 bits per heavy atom. The summed E-state index contributed by atoms with van der Waals surface area (Å²) in [7, 11) is 1.71. The van der Waals surface area contributed by atoms with Crippen molar-refractivity contribution in [2.75, 3.05) is 20.3 Å². The fraction of sp³-hybridized carbons (Fsp3) is 0.600. The number of benzene rings is 1. The van der Waals surface area contributed by atoms with Gasteiger partial charge in [0.1, 0.15) is 5.75 Å². The molecule has 0 heterocycles. The molecule has 0 aliphatic heterocycles. The van der Waals surface area contributed by atoms with Crippen LogP contribution in [0, 0.1) is 0 Å². The van der Waals surface area contributed by atoms with Gasteiger partial charge < -0.3 is 15.2 Å². The largest absolute Gasteiger partial charge is 0.492 e. The van der Waals surface area contributed by atoms with Crippen LogP contribution in [0.2, 0.25) is 5.02 Å². The molecule has 0 fully saturated rings. The van der Waals surface area contributed by atoms with Crippen molar-refractivity contribution in [3.05, 3.63) is 28.8 Å². The topological polar surface area (TPSA) is 44.5 Å². The Hall–Kier alpha value is -0.770. The maximum Gasteiger partial charge on any atom is 0.137 e. The summed E-state index contributed by atoms with van der Waals surface area (Å²) in [5.74, 6) is 0.743. The molecule has 4 heteroatoms. The number of hydrogen-bond donors (Lipinski definition) is 1. The van der Waals surface area contributed by atoms with Crippen molar-refractivity contribution >= 4 is 11.6 Å². The van der Waals surface area contributed by atoms with Crippen LogP contribution < -0.4 is 10.5 Å². The first-order valence-corrected chi connectivity index (χ1v) is 7.21. The zero-order chi connectivity index (χ0) is 14.1. The predicted molar refractivity (Wildman–Crippen MR) is 80.0 cm³/mol. The van der Waals surface area contributed by atoms with Crippen molar-refractivity contribution in [1.29, 1.82) is 0 Å². The summed E-state index contributed by atoms with van der Waals surface area (Å²) in [5.41, 5.74) is 7.09. The molecule has 1 rings (SSSR count). The first kappa shape index (κ1) is 16.3. The van der Waals surface area contributed by atoms with Gasteiger partial charge in [0, 0.05) is 19.8 Å². The van der Waals surface area contributed by atoms with E-state index in [9.17, 15) is 0 Å². The second-order valence-electron chi connectivity index (χ2n) is 4.69. The average molecular weight is 286 g/mol. The normalized spacial score (nSPS) is 12.4. The van der Waals surface area contributed by atoms with Gasteiger partial charge in [-0.1, -0.05) is 24.6 Å². The molecule has 0 aliphatic carbocycles. The Balaban J connectivity index is 2.43. The van der Waals surface area contributed by atoms with Crippen LogP contribution in [-0.2, 0) is 11.2 Å². The van der Waals surface area contributed by atoms with Gasteiger partial charge in [0.15, 0.2) is 0 Å². The van der Waals surface area contributed by atoms with Crippen LogP contribution >= 0.6 is 11.6 Å². The van der Waals surface area contributed by atoms with Crippen molar-refractivity contribution in [2.24, 2.45) is 5.73 Å². The zero-order valence-corrected chi connectivity index (χ0v) is 12.6. The Labute approximate surface area is 121 Å². The molecule has 1 unspecified atom stereocenters. The van der Waals surface area contributed by atoms with E-state index in [1.165, 1.54) is 0 Å². The third-order valence-corrected chi connectivity index (χ3v) is 3.31. The van der Waals surface area contributed by atoms with Crippen LogP contribution in [0.3, 0.4) is 0 Å². The molecule has 0 amide bonds. The highest BCUT2D eigenvalue weighted by Crippen LogP contribution is 2.26. The molecular formula is C15H24ClNO2. The van der Waals surface area contributed by atoms with Crippen LogP contribution in [0.5, 0.6) is 5.75 Å². The molecule has 1 aromatic carbocycles. The predicted octanol–water partition coefficient (Wildman–Crippen LogP) is 3.43. The lowest BCUT2D eigenvalue weighted by Gasteiger charge is -2.12. The summed E-state index contributed by atoms with van der Waals surface area (Å²) in [6, 6.07) is 6.10. The molecule has 1 aromatic rings. The Bertz CT molecular complexity index is 371. The van der Waals surface area contributed by atoms with Gasteiger partial charge in [-0.25, -0.2) is 0 Å². The van der Waals surface area contributed by atoms with Gasteiger partial charge >= 0.3 is 0 Å². The number of unbranched alkanes of at least 4 members (excludes halogenated alkanes) is 1. The summed E-state index contributed by atoms with van der Waals surface area (Å²) in [5, 5.41) is 0.660. The molecule has 0 aromatic heterocycles. The van der Waals surface area contributed by atoms with Crippen LogP contribution in [0.15, 0.2) is 18.2 Å². The van der Waals surface area contributed by atoms with E-state index in [4.69, 9.17) is 26.8 Å². The minimum Gasteiger partial charge on any atom is -0.492 e. The minimum atomic E-state index is 0.192. The second-order valence-corrected chi connectivity index (χ2v) is 5.09. The van der Waals surface area contributed by atoms with E-state index in [2.05, 4.69) is 6.92 Å². The minimum absolute atomic E-state index is 0.192. The van der Waals surface area contributed by atoms with Crippen molar-refractivity contribution in [3.63, 3.8) is 0 Å². The number of rotatable bonds is 9. The Morgan fingerprint density at radius 2 is 2.00 bits per heavy atom. The second kappa shape index (κ2) is 9.18. The van der Waals surface area contributed by atoms with Crippen LogP contribution in [0.1, 0.15) is 31.7 Å². The van der Waals surface area contributed by atoms with Crippen LogP contribution in [0.25, 0.3) is 0 Å². The lowest BCUT2D eigenvalue weighted by molar-refractivity contribution is 0.184. The van der Waals surface area contributed by atoms with Gasteiger partial charge in [-0.3, -0.25) is 0 Å². The number of nitrogens with two attached hydrogens (primary N) is 1. The van der Waals surface area contributed by atoms with Gasteiger partial charge in [0.05, 0.1) is 11.6 Å². The fourth-order valence-corrected chi connectivity index (χ4v) is 2.02. The molecule has 0 saturated heterocycles. The Kier molecular flexibility index (Phi) is 7.87. The van der Waals surface area contributed by atoms with Crippen molar-refractivity contribution in [3.8, 4) is 5.75 Å². The average Bonchev–Trinajstić information content (AvgIpc) is 2.40. The molecule has 0 aliphatic rings. The van der Waals surface area contributed by atoms with E-state index in [-0.39, 0.29) is 6.04 Å². The highest BCUT2D eigenvalue weighted by atomic mass is 35.5. The van der Waals surface area contributed by atoms with E-state index in [1.54, 1.807) is 7.11 Å². The molecule has 0 spiro atoms. The highest BCUT2D eigenvalue weighted by Gasteiger charge is 2.06. The lowest BCUT2D eigenvalue weighted by atomic mass is 10.0. The molecule has 1 atom stereocenters. The first-order valence-electron chi connectivity index (χ1n) is 6.83. The molecule has 108 valence electrons. The van der Waals surface area contributed by atoms with Gasteiger partial charge in [0.25, 0.3) is 0 Å². The standard InChI is InChI=1S/C15H24ClNO2/c1-3-13(17)10-12-6-7-15(14(16)11-12)19-9-5-4-8-18-2/h6-7,11,13H,3-5,8-10,17H2,1-2H3. The van der Waals surface area contributed by atoms with Gasteiger partial charge in [0.2, 0.25) is 0 Å². The van der Waals surface area contributed by atoms with Gasteiger partial charge in [-0.05, 0) is 43.4 Å². The summed E-state index contributed by atoms with van der Waals surface area (Å²) in [4.78, 5) is 0. The molecule has 0 radical (unpaired) electrons. The van der Waals surface area contributed by atoms with E-state index >= 15 is 0 Å². The summed E-state index contributed by atoms with van der Waals surface area (Å²) < 4.78 is 10.6. The highest BCUT2D eigenvalue weighted by molar-refractivity contribution is 6.32. The van der Waals surface area contributed by atoms with E-state index in [0.717, 1.165) is 43.6 Å². The summed E-state index contributed by atoms with van der Waals surface area (Å²) >= 11 is 6.21. The van der Waals surface area contributed by atoms with Crippen LogP contribution in [0.4, 0.5) is 0 Å². The maximum atomic E-state index is 6.21. The molecule has 0 saturated carbocycles. The van der Waals surface area contributed by atoms with Gasteiger partial charge in [-0.15, -0.1) is 0 Å². The maximum absolute atomic E-state index is 6.21. The fourth-order valence-electron chi connectivity index (χ4n) is 1.77. The SMILES string of the molecule is CCC(N)Cc1ccc(OCCCCOC)c(Cl)c1. The molecule has 2 N–H and O–H groups in total. The van der Waals surface area contributed by atoms with E-state index in [1.807, 2.05) is 18.2 Å². The van der Waals surface area contributed by atoms with Crippen molar-refractivity contribution in [2.45, 2.75) is 38.6 Å². The van der Waals surface area contributed by atoms with Crippen molar-refractivity contribution < 1.29 is 9.47 Å². The number of halogens is 1. The summed E-state index contributed by atoms with van der Waals surface area (Å²) in [6.45, 7) is 3.52. The molecular weight excluding hydrogens is 262 g/mol. The first-order chi connectivity index (χ1) is 9.17.